The molecule has 2 atom stereocenters. The van der Waals surface area contributed by atoms with E-state index in [-0.39, 0.29) is 31.0 Å². The Morgan fingerprint density at radius 2 is 1.97 bits per heavy atom. The van der Waals surface area contributed by atoms with Crippen LogP contribution in [0.3, 0.4) is 0 Å². The van der Waals surface area contributed by atoms with Crippen LogP contribution in [-0.2, 0) is 13.0 Å². The fourth-order valence-electron chi connectivity index (χ4n) is 5.51. The van der Waals surface area contributed by atoms with Gasteiger partial charge in [0.05, 0.1) is 12.1 Å². The summed E-state index contributed by atoms with van der Waals surface area (Å²) in [5.41, 5.74) is 2.27. The van der Waals surface area contributed by atoms with E-state index >= 15 is 0 Å². The number of rotatable bonds is 6. The number of hydrogen-bond donors (Lipinski definition) is 5. The number of nitrogens with one attached hydrogen (secondary N) is 2. The van der Waals surface area contributed by atoms with Crippen molar-refractivity contribution in [2.45, 2.75) is 63.3 Å². The first-order valence-corrected chi connectivity index (χ1v) is 11.7. The lowest BCUT2D eigenvalue weighted by molar-refractivity contribution is 0.0191. The fraction of sp³-hybridized carbons (Fsp3) is 0.500. The number of carboxylic acid groups (broad SMARTS) is 1. The van der Waals surface area contributed by atoms with Crippen molar-refractivity contribution in [3.63, 3.8) is 0 Å². The van der Waals surface area contributed by atoms with Crippen LogP contribution >= 0.6 is 0 Å². The summed E-state index contributed by atoms with van der Waals surface area (Å²) in [7, 11) is 0. The van der Waals surface area contributed by atoms with Gasteiger partial charge in [0.1, 0.15) is 23.6 Å². The predicted octanol–water partition coefficient (Wildman–Crippen LogP) is 2.12. The van der Waals surface area contributed by atoms with E-state index in [0.29, 0.717) is 22.8 Å². The molecule has 180 valence electrons. The molecule has 0 bridgehead atoms. The minimum atomic E-state index is -1.17. The van der Waals surface area contributed by atoms with Crippen molar-refractivity contribution in [1.82, 2.24) is 20.2 Å². The summed E-state index contributed by atoms with van der Waals surface area (Å²) in [6.45, 7) is -0.0727. The Morgan fingerprint density at radius 3 is 2.68 bits per heavy atom. The second-order valence-electron chi connectivity index (χ2n) is 9.80. The van der Waals surface area contributed by atoms with Gasteiger partial charge in [0.15, 0.2) is 0 Å². The Bertz CT molecular complexity index is 1100. The maximum Gasteiger partial charge on any atom is 0.407 e. The first kappa shape index (κ1) is 22.4. The number of amides is 2. The van der Waals surface area contributed by atoms with E-state index in [4.69, 9.17) is 0 Å². The van der Waals surface area contributed by atoms with Gasteiger partial charge in [-0.25, -0.2) is 14.8 Å². The Balaban J connectivity index is 1.18. The van der Waals surface area contributed by atoms with E-state index < -0.39 is 24.1 Å². The monoisotopic (exact) mass is 467 g/mol. The highest BCUT2D eigenvalue weighted by Gasteiger charge is 2.48. The highest BCUT2D eigenvalue weighted by atomic mass is 16.4. The molecule has 2 aromatic rings. The average molecular weight is 468 g/mol. The molecular formula is C24H29N5O5. The van der Waals surface area contributed by atoms with E-state index in [0.717, 1.165) is 23.3 Å². The van der Waals surface area contributed by atoms with Gasteiger partial charge in [0.2, 0.25) is 0 Å². The van der Waals surface area contributed by atoms with E-state index in [1.54, 1.807) is 12.1 Å². The van der Waals surface area contributed by atoms with Crippen molar-refractivity contribution in [1.29, 1.82) is 0 Å². The Kier molecular flexibility index (Phi) is 5.76. The van der Waals surface area contributed by atoms with Crippen LogP contribution in [0.1, 0.15) is 53.7 Å². The molecule has 2 heterocycles. The first-order chi connectivity index (χ1) is 16.3. The summed E-state index contributed by atoms with van der Waals surface area (Å²) >= 11 is 0. The normalized spacial score (nSPS) is 21.7. The van der Waals surface area contributed by atoms with Gasteiger partial charge in [0.25, 0.3) is 5.91 Å². The Labute approximate surface area is 197 Å². The molecule has 10 heteroatoms. The number of carbonyl (C=O) groups is 2. The molecule has 2 aliphatic carbocycles. The average Bonchev–Trinajstić information content (AvgIpc) is 2.77. The number of hydrogen-bond acceptors (Lipinski definition) is 7. The first-order valence-electron chi connectivity index (χ1n) is 11.7. The highest BCUT2D eigenvalue weighted by Crippen LogP contribution is 2.56. The molecule has 1 aliphatic heterocycles. The molecule has 0 saturated heterocycles. The maximum atomic E-state index is 12.7. The number of phenolic OH excluding ortho intramolecular Hbond substituents is 1. The van der Waals surface area contributed by atoms with Crippen molar-refractivity contribution >= 4 is 17.8 Å². The van der Waals surface area contributed by atoms with Gasteiger partial charge >= 0.3 is 6.09 Å². The number of aromatic nitrogens is 2. The molecule has 1 aromatic heterocycles. The third-order valence-electron chi connectivity index (χ3n) is 7.55. The van der Waals surface area contributed by atoms with Gasteiger partial charge < -0.3 is 26.0 Å². The van der Waals surface area contributed by atoms with Gasteiger partial charge in [-0.1, -0.05) is 12.5 Å². The zero-order chi connectivity index (χ0) is 23.9. The second kappa shape index (κ2) is 8.75. The molecule has 0 radical (unpaired) electrons. The van der Waals surface area contributed by atoms with Crippen LogP contribution in [0.2, 0.25) is 0 Å². The van der Waals surface area contributed by atoms with Crippen molar-refractivity contribution in [2.24, 2.45) is 5.41 Å². The minimum absolute atomic E-state index is 0.0537. The van der Waals surface area contributed by atoms with Crippen LogP contribution in [0, 0.1) is 5.41 Å². The largest absolute Gasteiger partial charge is 0.508 e. The van der Waals surface area contributed by atoms with Crippen molar-refractivity contribution in [3.05, 3.63) is 47.4 Å². The van der Waals surface area contributed by atoms with Gasteiger partial charge in [-0.2, -0.15) is 0 Å². The molecule has 34 heavy (non-hydrogen) atoms. The lowest BCUT2D eigenvalue weighted by Gasteiger charge is -2.54. The van der Waals surface area contributed by atoms with Crippen LogP contribution in [-0.4, -0.2) is 66.9 Å². The minimum Gasteiger partial charge on any atom is -0.508 e. The number of phenols is 1. The molecule has 2 saturated carbocycles. The van der Waals surface area contributed by atoms with Crippen LogP contribution in [0.25, 0.3) is 0 Å². The number of carbonyl (C=O) groups excluding carboxylic acids is 1. The lowest BCUT2D eigenvalue weighted by Crippen LogP contribution is -2.53. The number of anilines is 1. The van der Waals surface area contributed by atoms with Crippen molar-refractivity contribution < 1.29 is 24.9 Å². The smallest absolute Gasteiger partial charge is 0.407 e. The molecule has 10 nitrogen and oxygen atoms in total. The summed E-state index contributed by atoms with van der Waals surface area (Å²) in [5.74, 6) is 0.203. The van der Waals surface area contributed by atoms with Crippen LogP contribution < -0.4 is 10.6 Å². The standard InChI is InChI=1S/C24H29N5O5/c30-17-3-2-14-7-19(29(23(33)34)12-15(14)6-17)20(31)11-25-22(32)18-8-21(27-13-26-18)28-16-9-24(10-16)4-1-5-24/h2-3,6,8,13,16,19-20,30-31H,1,4-5,7,9-12H2,(H,25,32)(H,33,34)(H,26,27,28)/t19-,20?/m0/s1. The van der Waals surface area contributed by atoms with E-state index in [1.165, 1.54) is 37.7 Å². The number of aromatic hydroxyl groups is 1. The maximum absolute atomic E-state index is 12.7. The van der Waals surface area contributed by atoms with Crippen molar-refractivity contribution in [3.8, 4) is 5.75 Å². The third kappa shape index (κ3) is 4.37. The molecule has 1 aromatic carbocycles. The Morgan fingerprint density at radius 1 is 1.18 bits per heavy atom. The predicted molar refractivity (Wildman–Crippen MR) is 122 cm³/mol. The summed E-state index contributed by atoms with van der Waals surface area (Å²) in [6.07, 6.45) is 5.53. The van der Waals surface area contributed by atoms with Crippen LogP contribution in [0.15, 0.2) is 30.6 Å². The zero-order valence-corrected chi connectivity index (χ0v) is 18.8. The second-order valence-corrected chi connectivity index (χ2v) is 9.80. The molecule has 5 rings (SSSR count). The fourth-order valence-corrected chi connectivity index (χ4v) is 5.51. The summed E-state index contributed by atoms with van der Waals surface area (Å²) < 4.78 is 0. The van der Waals surface area contributed by atoms with E-state index in [1.807, 2.05) is 0 Å². The zero-order valence-electron chi connectivity index (χ0n) is 18.8. The molecule has 2 fully saturated rings. The third-order valence-corrected chi connectivity index (χ3v) is 7.55. The summed E-state index contributed by atoms with van der Waals surface area (Å²) in [6, 6.07) is 6.04. The van der Waals surface area contributed by atoms with E-state index in [9.17, 15) is 24.9 Å². The SMILES string of the molecule is O=C(NCC(O)[C@@H]1Cc2ccc(O)cc2CN1C(=O)O)c1cc(NC2CC3(CCC3)C2)ncn1. The number of fused-ring (bicyclic) bond motifs is 1. The topological polar surface area (TPSA) is 148 Å². The number of aliphatic hydroxyl groups is 1. The number of benzene rings is 1. The molecule has 5 N–H and O–H groups in total. The highest BCUT2D eigenvalue weighted by molar-refractivity contribution is 5.92. The molecule has 3 aliphatic rings. The van der Waals surface area contributed by atoms with Gasteiger partial charge in [-0.3, -0.25) is 9.69 Å². The van der Waals surface area contributed by atoms with E-state index in [2.05, 4.69) is 20.6 Å². The molecule has 1 spiro atoms. The quantitative estimate of drug-likeness (QED) is 0.434. The molecular weight excluding hydrogens is 438 g/mol. The van der Waals surface area contributed by atoms with Crippen LogP contribution in [0.4, 0.5) is 10.6 Å². The van der Waals surface area contributed by atoms with Gasteiger partial charge in [-0.05, 0) is 60.8 Å². The molecule has 1 unspecified atom stereocenters. The Hall–Kier alpha value is -3.40. The van der Waals surface area contributed by atoms with Crippen LogP contribution in [0.5, 0.6) is 5.75 Å². The van der Waals surface area contributed by atoms with Gasteiger partial charge in [-0.15, -0.1) is 0 Å². The van der Waals surface area contributed by atoms with Crippen molar-refractivity contribution in [2.75, 3.05) is 11.9 Å². The number of aliphatic hydroxyl groups excluding tert-OH is 1. The molecule has 2 amide bonds. The van der Waals surface area contributed by atoms with Gasteiger partial charge in [0, 0.05) is 25.2 Å². The lowest BCUT2D eigenvalue weighted by atomic mass is 9.54. The number of nitrogens with zero attached hydrogens (tertiary/aromatic N) is 3. The summed E-state index contributed by atoms with van der Waals surface area (Å²) in [4.78, 5) is 33.9. The summed E-state index contributed by atoms with van der Waals surface area (Å²) in [5, 5.41) is 36.1.